The van der Waals surface area contributed by atoms with Gasteiger partial charge in [0.05, 0.1) is 6.54 Å². The van der Waals surface area contributed by atoms with Gasteiger partial charge in [-0.2, -0.15) is 0 Å². The van der Waals surface area contributed by atoms with E-state index in [0.717, 1.165) is 15.6 Å². The summed E-state index contributed by atoms with van der Waals surface area (Å²) in [6.07, 6.45) is 0.312. The summed E-state index contributed by atoms with van der Waals surface area (Å²) in [4.78, 5) is 95.7. The number of amides is 6. The number of benzene rings is 1. The molecular weight excluding hydrogens is 720 g/mol. The van der Waals surface area contributed by atoms with Gasteiger partial charge in [-0.25, -0.2) is 25.8 Å². The van der Waals surface area contributed by atoms with E-state index in [-0.39, 0.29) is 42.5 Å². The number of cyclic esters (lactones) is 1. The Kier molecular flexibility index (Phi) is 14.7. The lowest BCUT2D eigenvalue weighted by Crippen LogP contribution is -2.67. The Balaban J connectivity index is 1.72. The molecule has 1 aromatic carbocycles. The molecule has 19 nitrogen and oxygen atoms in total. The minimum Gasteiger partial charge on any atom is -0.458 e. The van der Waals surface area contributed by atoms with E-state index < -0.39 is 95.8 Å². The number of aryl methyl sites for hydroxylation is 1. The fourth-order valence-electron chi connectivity index (χ4n) is 6.67. The van der Waals surface area contributed by atoms with Crippen molar-refractivity contribution in [1.82, 2.24) is 41.6 Å². The van der Waals surface area contributed by atoms with Crippen molar-refractivity contribution < 1.29 is 53.8 Å². The summed E-state index contributed by atoms with van der Waals surface area (Å²) >= 11 is 0. The van der Waals surface area contributed by atoms with Gasteiger partial charge in [-0.05, 0) is 77.2 Å². The molecule has 6 amide bonds. The Morgan fingerprint density at radius 2 is 1.45 bits per heavy atom. The van der Waals surface area contributed by atoms with E-state index in [1.54, 1.807) is 13.8 Å². The van der Waals surface area contributed by atoms with Crippen molar-refractivity contribution in [3.05, 3.63) is 35.9 Å². The topological polar surface area (TPSA) is 250 Å². The maximum atomic E-state index is 14.6. The third-order valence-corrected chi connectivity index (χ3v) is 10.1. The predicted octanol–water partition coefficient (Wildman–Crippen LogP) is -0.853. The van der Waals surface area contributed by atoms with Crippen LogP contribution in [0.1, 0.15) is 78.7 Å². The summed E-state index contributed by atoms with van der Waals surface area (Å²) in [6.45, 7) is 6.65. The Labute approximate surface area is 319 Å². The highest BCUT2D eigenvalue weighted by molar-refractivity contribution is 5.96. The number of ether oxygens (including phenoxy) is 1. The fraction of sp³-hybridized carbons (Fsp3) is 0.639. The number of nitrogens with one attached hydrogen (secondary N) is 4. The van der Waals surface area contributed by atoms with Crippen LogP contribution in [0.15, 0.2) is 30.3 Å². The second-order valence-electron chi connectivity index (χ2n) is 14.7. The number of aliphatic hydroxyl groups is 1. The number of carbonyl (C=O) groups excluding carboxylic acids is 7. The Bertz CT molecular complexity index is 1580. The molecule has 3 fully saturated rings. The van der Waals surface area contributed by atoms with Gasteiger partial charge in [-0.3, -0.25) is 49.2 Å². The lowest BCUT2D eigenvalue weighted by Gasteiger charge is -2.41. The van der Waals surface area contributed by atoms with E-state index in [1.165, 1.54) is 20.8 Å². The third kappa shape index (κ3) is 10.3. The van der Waals surface area contributed by atoms with E-state index >= 15 is 0 Å². The number of hydroxylamine groups is 4. The van der Waals surface area contributed by atoms with Crippen LogP contribution in [0.2, 0.25) is 0 Å². The van der Waals surface area contributed by atoms with Crippen molar-refractivity contribution in [3.63, 3.8) is 0 Å². The smallest absolute Gasteiger partial charge is 0.331 e. The second-order valence-corrected chi connectivity index (χ2v) is 14.7. The molecule has 0 bridgehead atoms. The first-order chi connectivity index (χ1) is 26.0. The van der Waals surface area contributed by atoms with Crippen LogP contribution in [0, 0.1) is 5.92 Å². The largest absolute Gasteiger partial charge is 0.458 e. The number of hydrogen-bond acceptors (Lipinski definition) is 13. The highest BCUT2D eigenvalue weighted by Crippen LogP contribution is 2.23. The molecule has 19 heteroatoms. The molecule has 1 aromatic rings. The van der Waals surface area contributed by atoms with Crippen molar-refractivity contribution >= 4 is 41.4 Å². The minimum atomic E-state index is -2.01. The van der Waals surface area contributed by atoms with Gasteiger partial charge in [-0.1, -0.05) is 44.2 Å². The first kappa shape index (κ1) is 43.0. The van der Waals surface area contributed by atoms with Crippen LogP contribution in [0.3, 0.4) is 0 Å². The number of carbonyl (C=O) groups is 7. The van der Waals surface area contributed by atoms with Gasteiger partial charge < -0.3 is 20.5 Å². The normalized spacial score (nSPS) is 27.9. The van der Waals surface area contributed by atoms with Crippen molar-refractivity contribution in [2.45, 2.75) is 121 Å². The highest BCUT2D eigenvalue weighted by Gasteiger charge is 2.47. The SMILES string of the molecule is CC(C)[C@@H]1OC(=O)[C@@H](C)N(O)C(=O)[C@@H]2CCCNN2C(=O)CNC(=O)[C@H](C)N(O)C(=O)[C@H]2CCCNN2C(=O)[C@H]1NC(=O)[C@](C)(O)CCCc1ccccc1. The van der Waals surface area contributed by atoms with Crippen LogP contribution >= 0.6 is 0 Å². The Hall–Kier alpha value is -4.69. The molecule has 0 aliphatic carbocycles. The molecule has 0 saturated carbocycles. The molecular formula is C36H54N8O11. The second kappa shape index (κ2) is 18.8. The standard InChI is InChI=1S/C36H54N8O11/c1-21(2)29-28(40-35(51)36(5,52)17-9-14-24-12-7-6-8-13-24)33(49)42-26(16-11-19-39-42)32(48)43(53)22(3)30(46)37-20-27(45)41-25(15-10-18-38-41)31(47)44(54)23(4)34(50)55-29/h6-8,12-13,21-23,25-26,28-29,38-39,52-54H,9-11,14-20H2,1-5H3,(H,37,46)(H,40,51)/t22-,23+,25-,26+,28-,29-,36+/m0/s1. The number of nitrogens with zero attached hydrogens (tertiary/aromatic N) is 4. The molecule has 304 valence electrons. The van der Waals surface area contributed by atoms with Gasteiger partial charge in [0, 0.05) is 13.1 Å². The average molecular weight is 775 g/mol. The number of fused-ring (bicyclic) bond motifs is 2. The average Bonchev–Trinajstić information content (AvgIpc) is 3.18. The van der Waals surface area contributed by atoms with Gasteiger partial charge in [0.25, 0.3) is 29.5 Å². The van der Waals surface area contributed by atoms with Crippen LogP contribution in [0.25, 0.3) is 0 Å². The predicted molar refractivity (Wildman–Crippen MR) is 192 cm³/mol. The van der Waals surface area contributed by atoms with E-state index in [0.29, 0.717) is 25.7 Å². The maximum Gasteiger partial charge on any atom is 0.331 e. The van der Waals surface area contributed by atoms with Crippen molar-refractivity contribution in [3.8, 4) is 0 Å². The zero-order valence-electron chi connectivity index (χ0n) is 31.9. The van der Waals surface area contributed by atoms with Crippen LogP contribution in [0.5, 0.6) is 0 Å². The summed E-state index contributed by atoms with van der Waals surface area (Å²) < 4.78 is 5.80. The van der Waals surface area contributed by atoms with E-state index in [9.17, 15) is 49.1 Å². The van der Waals surface area contributed by atoms with E-state index in [4.69, 9.17) is 4.74 Å². The fourth-order valence-corrected chi connectivity index (χ4v) is 6.67. The van der Waals surface area contributed by atoms with Crippen LogP contribution in [-0.2, 0) is 44.7 Å². The molecule has 7 atom stereocenters. The number of hydrogen-bond donors (Lipinski definition) is 7. The monoisotopic (exact) mass is 774 g/mol. The summed E-state index contributed by atoms with van der Waals surface area (Å²) in [7, 11) is 0. The molecule has 3 heterocycles. The molecule has 0 aromatic heterocycles. The van der Waals surface area contributed by atoms with Gasteiger partial charge in [0.1, 0.15) is 35.9 Å². The van der Waals surface area contributed by atoms with Gasteiger partial charge in [-0.15, -0.1) is 0 Å². The summed E-state index contributed by atoms with van der Waals surface area (Å²) in [6, 6.07) is 1.74. The molecule has 0 radical (unpaired) electrons. The molecule has 3 aliphatic rings. The molecule has 7 N–H and O–H groups in total. The Morgan fingerprint density at radius 3 is 2.05 bits per heavy atom. The van der Waals surface area contributed by atoms with Crippen molar-refractivity contribution in [2.24, 2.45) is 5.92 Å². The number of rotatable bonds is 7. The number of esters is 1. The maximum absolute atomic E-state index is 14.6. The third-order valence-electron chi connectivity index (χ3n) is 10.1. The van der Waals surface area contributed by atoms with E-state index in [2.05, 4.69) is 21.5 Å². The molecule has 3 aliphatic heterocycles. The summed E-state index contributed by atoms with van der Waals surface area (Å²) in [5, 5.41) is 40.3. The zero-order chi connectivity index (χ0) is 40.6. The summed E-state index contributed by atoms with van der Waals surface area (Å²) in [5.74, 6) is -7.65. The van der Waals surface area contributed by atoms with Crippen molar-refractivity contribution in [1.29, 1.82) is 0 Å². The van der Waals surface area contributed by atoms with Gasteiger partial charge >= 0.3 is 5.97 Å². The molecule has 0 unspecified atom stereocenters. The molecule has 55 heavy (non-hydrogen) atoms. The highest BCUT2D eigenvalue weighted by atomic mass is 16.6. The van der Waals surface area contributed by atoms with Gasteiger partial charge in [0.15, 0.2) is 6.04 Å². The quantitative estimate of drug-likeness (QED) is 0.132. The minimum absolute atomic E-state index is 0.0164. The zero-order valence-corrected chi connectivity index (χ0v) is 31.9. The first-order valence-electron chi connectivity index (χ1n) is 18.7. The number of hydrazine groups is 2. The molecule has 3 saturated heterocycles. The Morgan fingerprint density at radius 1 is 0.891 bits per heavy atom. The van der Waals surface area contributed by atoms with Gasteiger partial charge in [0.2, 0.25) is 5.91 Å². The lowest BCUT2D eigenvalue weighted by molar-refractivity contribution is -0.197. The lowest BCUT2D eigenvalue weighted by atomic mass is 9.93. The van der Waals surface area contributed by atoms with Crippen LogP contribution in [0.4, 0.5) is 0 Å². The molecule has 4 rings (SSSR count). The first-order valence-corrected chi connectivity index (χ1v) is 18.7. The summed E-state index contributed by atoms with van der Waals surface area (Å²) in [5.41, 5.74) is 4.56. The van der Waals surface area contributed by atoms with E-state index in [1.807, 2.05) is 30.3 Å². The molecule has 0 spiro atoms. The van der Waals surface area contributed by atoms with Crippen LogP contribution in [-0.4, -0.2) is 139 Å². The van der Waals surface area contributed by atoms with Crippen molar-refractivity contribution in [2.75, 3.05) is 19.6 Å². The van der Waals surface area contributed by atoms with Crippen LogP contribution < -0.4 is 21.5 Å².